The molecule has 0 radical (unpaired) electrons. The minimum absolute atomic E-state index is 0.205. The van der Waals surface area contributed by atoms with E-state index >= 15 is 0 Å². The molecular weight excluding hydrogens is 266 g/mol. The lowest BCUT2D eigenvalue weighted by molar-refractivity contribution is -0.00916. The van der Waals surface area contributed by atoms with Crippen molar-refractivity contribution in [1.29, 1.82) is 0 Å². The smallest absolute Gasteiger partial charge is 0.0897 e. The fraction of sp³-hybridized carbons (Fsp3) is 1.00. The predicted octanol–water partition coefficient (Wildman–Crippen LogP) is 2.19. The van der Waals surface area contributed by atoms with E-state index in [0.717, 1.165) is 19.4 Å². The molecule has 0 amide bonds. The van der Waals surface area contributed by atoms with Crippen molar-refractivity contribution in [2.45, 2.75) is 65.1 Å². The van der Waals surface area contributed by atoms with Gasteiger partial charge in [-0.3, -0.25) is 0 Å². The molecule has 4 atom stereocenters. The highest BCUT2D eigenvalue weighted by Gasteiger charge is 2.24. The van der Waals surface area contributed by atoms with Gasteiger partial charge >= 0.3 is 0 Å². The second-order valence-electron chi connectivity index (χ2n) is 7.07. The van der Waals surface area contributed by atoms with Gasteiger partial charge in [0.1, 0.15) is 0 Å². The maximum atomic E-state index is 9.95. The minimum atomic E-state index is -0.448. The summed E-state index contributed by atoms with van der Waals surface area (Å²) in [5, 5.41) is 22.7. The van der Waals surface area contributed by atoms with Crippen LogP contribution in [0, 0.1) is 17.8 Å². The van der Waals surface area contributed by atoms with Crippen LogP contribution in [0.4, 0.5) is 0 Å². The molecule has 1 saturated carbocycles. The number of rotatable bonds is 10. The van der Waals surface area contributed by atoms with Crippen LogP contribution in [0.5, 0.6) is 0 Å². The summed E-state index contributed by atoms with van der Waals surface area (Å²) >= 11 is 0. The molecule has 21 heavy (non-hydrogen) atoms. The van der Waals surface area contributed by atoms with E-state index in [-0.39, 0.29) is 6.10 Å². The zero-order valence-electron chi connectivity index (χ0n) is 14.1. The lowest BCUT2D eigenvalue weighted by Gasteiger charge is -2.30. The molecule has 1 aliphatic carbocycles. The largest absolute Gasteiger partial charge is 0.396 e. The van der Waals surface area contributed by atoms with Crippen LogP contribution in [0.2, 0.25) is 0 Å². The van der Waals surface area contributed by atoms with Crippen LogP contribution in [-0.2, 0) is 4.74 Å². The van der Waals surface area contributed by atoms with Crippen LogP contribution in [0.3, 0.4) is 0 Å². The third kappa shape index (κ3) is 8.15. The highest BCUT2D eigenvalue weighted by molar-refractivity contribution is 4.77. The number of aliphatic hydroxyl groups is 2. The van der Waals surface area contributed by atoms with Crippen molar-refractivity contribution in [3.63, 3.8) is 0 Å². The van der Waals surface area contributed by atoms with Crippen LogP contribution < -0.4 is 5.32 Å². The molecule has 3 N–H and O–H groups in total. The fourth-order valence-corrected chi connectivity index (χ4v) is 3.30. The number of ether oxygens (including phenoxy) is 1. The molecule has 1 fully saturated rings. The summed E-state index contributed by atoms with van der Waals surface area (Å²) in [4.78, 5) is 0. The normalized spacial score (nSPS) is 26.0. The van der Waals surface area contributed by atoms with Crippen LogP contribution in [0.1, 0.15) is 52.9 Å². The molecule has 0 saturated heterocycles. The van der Waals surface area contributed by atoms with Crippen molar-refractivity contribution < 1.29 is 14.9 Å². The van der Waals surface area contributed by atoms with E-state index in [9.17, 15) is 10.2 Å². The molecule has 0 aromatic rings. The first-order valence-corrected chi connectivity index (χ1v) is 8.64. The SMILES string of the molecule is CC(C)CC(C)OCC(O)CNCC1CCCCC1CO. The highest BCUT2D eigenvalue weighted by atomic mass is 16.5. The molecule has 0 aromatic carbocycles. The average Bonchev–Trinajstić information content (AvgIpc) is 2.45. The second kappa shape index (κ2) is 10.5. The van der Waals surface area contributed by atoms with Crippen molar-refractivity contribution in [1.82, 2.24) is 5.32 Å². The summed E-state index contributed by atoms with van der Waals surface area (Å²) in [7, 11) is 0. The van der Waals surface area contributed by atoms with E-state index in [0.29, 0.717) is 37.5 Å². The number of hydrogen-bond donors (Lipinski definition) is 3. The molecule has 0 aliphatic heterocycles. The molecule has 4 nitrogen and oxygen atoms in total. The molecule has 4 unspecified atom stereocenters. The van der Waals surface area contributed by atoms with E-state index in [4.69, 9.17) is 4.74 Å². The molecule has 0 spiro atoms. The van der Waals surface area contributed by atoms with Gasteiger partial charge in [0.05, 0.1) is 18.8 Å². The maximum Gasteiger partial charge on any atom is 0.0897 e. The van der Waals surface area contributed by atoms with E-state index in [1.807, 2.05) is 0 Å². The first-order valence-electron chi connectivity index (χ1n) is 8.64. The molecule has 126 valence electrons. The maximum absolute atomic E-state index is 9.95. The highest BCUT2D eigenvalue weighted by Crippen LogP contribution is 2.28. The number of hydrogen-bond acceptors (Lipinski definition) is 4. The van der Waals surface area contributed by atoms with Crippen molar-refractivity contribution in [3.05, 3.63) is 0 Å². The van der Waals surface area contributed by atoms with Gasteiger partial charge in [-0.1, -0.05) is 26.7 Å². The van der Waals surface area contributed by atoms with Gasteiger partial charge in [-0.05, 0) is 50.5 Å². The Kier molecular flexibility index (Phi) is 9.49. The standard InChI is InChI=1S/C17H35NO3/c1-13(2)8-14(3)21-12-17(20)10-18-9-15-6-4-5-7-16(15)11-19/h13-20H,4-12H2,1-3H3. The average molecular weight is 301 g/mol. The molecule has 1 aliphatic rings. The van der Waals surface area contributed by atoms with Gasteiger partial charge < -0.3 is 20.3 Å². The first-order chi connectivity index (χ1) is 10.0. The number of aliphatic hydroxyl groups excluding tert-OH is 2. The summed E-state index contributed by atoms with van der Waals surface area (Å²) in [5.41, 5.74) is 0. The molecule has 4 heteroatoms. The molecular formula is C17H35NO3. The van der Waals surface area contributed by atoms with E-state index in [1.165, 1.54) is 19.3 Å². The van der Waals surface area contributed by atoms with E-state index in [2.05, 4.69) is 26.1 Å². The van der Waals surface area contributed by atoms with Crippen LogP contribution >= 0.6 is 0 Å². The van der Waals surface area contributed by atoms with Crippen molar-refractivity contribution in [2.24, 2.45) is 17.8 Å². The Morgan fingerprint density at radius 1 is 1.14 bits per heavy atom. The topological polar surface area (TPSA) is 61.7 Å². The Morgan fingerprint density at radius 3 is 2.43 bits per heavy atom. The summed E-state index contributed by atoms with van der Waals surface area (Å²) in [6.45, 7) is 8.58. The second-order valence-corrected chi connectivity index (χ2v) is 7.07. The van der Waals surface area contributed by atoms with E-state index < -0.39 is 6.10 Å². The van der Waals surface area contributed by atoms with Crippen molar-refractivity contribution >= 4 is 0 Å². The van der Waals surface area contributed by atoms with Crippen LogP contribution in [0.25, 0.3) is 0 Å². The molecule has 0 aromatic heterocycles. The minimum Gasteiger partial charge on any atom is -0.396 e. The van der Waals surface area contributed by atoms with Crippen LogP contribution in [0.15, 0.2) is 0 Å². The van der Waals surface area contributed by atoms with Crippen LogP contribution in [-0.4, -0.2) is 48.7 Å². The Morgan fingerprint density at radius 2 is 1.81 bits per heavy atom. The Hall–Kier alpha value is -0.160. The van der Waals surface area contributed by atoms with Gasteiger partial charge in [0.2, 0.25) is 0 Å². The van der Waals surface area contributed by atoms with Gasteiger partial charge in [-0.2, -0.15) is 0 Å². The molecule has 0 heterocycles. The lowest BCUT2D eigenvalue weighted by Crippen LogP contribution is -2.37. The van der Waals surface area contributed by atoms with Gasteiger partial charge in [-0.25, -0.2) is 0 Å². The Labute approximate surface area is 130 Å². The zero-order valence-corrected chi connectivity index (χ0v) is 14.1. The summed E-state index contributed by atoms with van der Waals surface area (Å²) in [6.07, 6.45) is 5.62. The summed E-state index contributed by atoms with van der Waals surface area (Å²) in [6, 6.07) is 0. The Bertz CT molecular complexity index is 260. The third-order valence-corrected chi connectivity index (χ3v) is 4.46. The third-order valence-electron chi connectivity index (χ3n) is 4.46. The quantitative estimate of drug-likeness (QED) is 0.579. The van der Waals surface area contributed by atoms with Crippen molar-refractivity contribution in [3.8, 4) is 0 Å². The zero-order chi connectivity index (χ0) is 15.7. The molecule has 0 bridgehead atoms. The van der Waals surface area contributed by atoms with Crippen molar-refractivity contribution in [2.75, 3.05) is 26.3 Å². The fourth-order valence-electron chi connectivity index (χ4n) is 3.30. The first kappa shape index (κ1) is 18.9. The predicted molar refractivity (Wildman–Crippen MR) is 86.3 cm³/mol. The van der Waals surface area contributed by atoms with Gasteiger partial charge in [0, 0.05) is 13.2 Å². The van der Waals surface area contributed by atoms with E-state index in [1.54, 1.807) is 0 Å². The van der Waals surface area contributed by atoms with Gasteiger partial charge in [0.15, 0.2) is 0 Å². The van der Waals surface area contributed by atoms with Gasteiger partial charge in [0.25, 0.3) is 0 Å². The summed E-state index contributed by atoms with van der Waals surface area (Å²) in [5.74, 6) is 1.61. The number of nitrogens with one attached hydrogen (secondary N) is 1. The van der Waals surface area contributed by atoms with Gasteiger partial charge in [-0.15, -0.1) is 0 Å². The molecule has 1 rings (SSSR count). The monoisotopic (exact) mass is 301 g/mol. The summed E-state index contributed by atoms with van der Waals surface area (Å²) < 4.78 is 5.67. The lowest BCUT2D eigenvalue weighted by atomic mass is 9.79. The Balaban J connectivity index is 2.10.